The van der Waals surface area contributed by atoms with Gasteiger partial charge in [-0.05, 0) is 30.7 Å². The lowest BCUT2D eigenvalue weighted by atomic mass is 10.1. The van der Waals surface area contributed by atoms with Crippen molar-refractivity contribution in [2.24, 2.45) is 0 Å². The van der Waals surface area contributed by atoms with E-state index in [2.05, 4.69) is 27.4 Å². The van der Waals surface area contributed by atoms with E-state index in [4.69, 9.17) is 5.11 Å². The minimum atomic E-state index is -0.247. The molecule has 0 atom stereocenters. The molecule has 0 aliphatic heterocycles. The number of anilines is 1. The van der Waals surface area contributed by atoms with Crippen molar-refractivity contribution in [3.8, 4) is 11.8 Å². The number of amides is 1. The highest BCUT2D eigenvalue weighted by molar-refractivity contribution is 6.04. The Hall–Kier alpha value is -2.71. The molecule has 1 amide bonds. The Kier molecular flexibility index (Phi) is 5.02. The Morgan fingerprint density at radius 1 is 1.33 bits per heavy atom. The number of hydrogen-bond donors (Lipinski definition) is 2. The van der Waals surface area contributed by atoms with Crippen molar-refractivity contribution in [2.75, 3.05) is 11.9 Å². The van der Waals surface area contributed by atoms with Gasteiger partial charge < -0.3 is 10.4 Å². The molecule has 0 unspecified atom stereocenters. The standard InChI is InChI=1S/C16H15N3O2/c1-12-5-6-15(10-13(12)4-2-3-9-20)19-16(21)14-7-8-17-18-11-14/h5-8,10-11,20H,3,9H2,1H3,(H,19,21). The van der Waals surface area contributed by atoms with Gasteiger partial charge in [0, 0.05) is 17.7 Å². The van der Waals surface area contributed by atoms with Gasteiger partial charge in [0.2, 0.25) is 0 Å². The number of carbonyl (C=O) groups excluding carboxylic acids is 1. The van der Waals surface area contributed by atoms with E-state index in [9.17, 15) is 4.79 Å². The van der Waals surface area contributed by atoms with Crippen molar-refractivity contribution in [3.05, 3.63) is 53.3 Å². The Bertz CT molecular complexity index is 688. The first-order chi connectivity index (χ1) is 10.2. The quantitative estimate of drug-likeness (QED) is 0.841. The lowest BCUT2D eigenvalue weighted by molar-refractivity contribution is 0.102. The molecule has 0 fully saturated rings. The molecular formula is C16H15N3O2. The van der Waals surface area contributed by atoms with Crippen LogP contribution >= 0.6 is 0 Å². The highest BCUT2D eigenvalue weighted by Crippen LogP contribution is 2.15. The number of aliphatic hydroxyl groups excluding tert-OH is 1. The molecule has 1 aromatic carbocycles. The molecule has 5 nitrogen and oxygen atoms in total. The third kappa shape index (κ3) is 4.13. The highest BCUT2D eigenvalue weighted by atomic mass is 16.2. The predicted octanol–water partition coefficient (Wildman–Crippen LogP) is 1.77. The summed E-state index contributed by atoms with van der Waals surface area (Å²) in [6.07, 6.45) is 3.31. The second-order valence-corrected chi connectivity index (χ2v) is 4.39. The zero-order chi connectivity index (χ0) is 15.1. The molecule has 0 spiro atoms. The summed E-state index contributed by atoms with van der Waals surface area (Å²) in [5.74, 6) is 5.61. The molecule has 0 saturated heterocycles. The topological polar surface area (TPSA) is 75.1 Å². The number of aryl methyl sites for hydroxylation is 1. The second kappa shape index (κ2) is 7.17. The third-order valence-electron chi connectivity index (χ3n) is 2.80. The Labute approximate surface area is 123 Å². The fourth-order valence-electron chi connectivity index (χ4n) is 1.68. The number of nitrogens with zero attached hydrogens (tertiary/aromatic N) is 2. The first kappa shape index (κ1) is 14.7. The van der Waals surface area contributed by atoms with Crippen LogP contribution in [0.25, 0.3) is 0 Å². The van der Waals surface area contributed by atoms with Gasteiger partial charge in [-0.2, -0.15) is 10.2 Å². The van der Waals surface area contributed by atoms with Crippen molar-refractivity contribution in [1.29, 1.82) is 0 Å². The van der Waals surface area contributed by atoms with Gasteiger partial charge in [0.25, 0.3) is 5.91 Å². The van der Waals surface area contributed by atoms with E-state index >= 15 is 0 Å². The number of aromatic nitrogens is 2. The van der Waals surface area contributed by atoms with Crippen molar-refractivity contribution >= 4 is 11.6 Å². The molecule has 1 aromatic heterocycles. The van der Waals surface area contributed by atoms with Gasteiger partial charge in [-0.3, -0.25) is 4.79 Å². The average molecular weight is 281 g/mol. The Morgan fingerprint density at radius 3 is 2.90 bits per heavy atom. The molecule has 1 heterocycles. The zero-order valence-electron chi connectivity index (χ0n) is 11.6. The van der Waals surface area contributed by atoms with Gasteiger partial charge in [0.1, 0.15) is 0 Å². The number of hydrogen-bond acceptors (Lipinski definition) is 4. The number of aliphatic hydroxyl groups is 1. The maximum atomic E-state index is 12.0. The minimum Gasteiger partial charge on any atom is -0.395 e. The number of rotatable bonds is 3. The van der Waals surface area contributed by atoms with E-state index in [1.165, 1.54) is 12.4 Å². The molecule has 21 heavy (non-hydrogen) atoms. The predicted molar refractivity (Wildman–Crippen MR) is 79.7 cm³/mol. The van der Waals surface area contributed by atoms with Crippen LogP contribution in [-0.2, 0) is 0 Å². The van der Waals surface area contributed by atoms with Crippen LogP contribution in [0.1, 0.15) is 27.9 Å². The van der Waals surface area contributed by atoms with Gasteiger partial charge in [-0.15, -0.1) is 0 Å². The highest BCUT2D eigenvalue weighted by Gasteiger charge is 2.06. The van der Waals surface area contributed by atoms with Crippen LogP contribution in [0, 0.1) is 18.8 Å². The molecule has 2 aromatic rings. The molecule has 5 heteroatoms. The smallest absolute Gasteiger partial charge is 0.257 e. The SMILES string of the molecule is Cc1ccc(NC(=O)c2ccnnc2)cc1C#CCCO. The van der Waals surface area contributed by atoms with Crippen molar-refractivity contribution in [3.63, 3.8) is 0 Å². The molecule has 106 valence electrons. The first-order valence-electron chi connectivity index (χ1n) is 6.49. The van der Waals surface area contributed by atoms with E-state index in [1.54, 1.807) is 6.07 Å². The van der Waals surface area contributed by atoms with E-state index in [0.717, 1.165) is 11.1 Å². The van der Waals surface area contributed by atoms with E-state index in [-0.39, 0.29) is 12.5 Å². The fraction of sp³-hybridized carbons (Fsp3) is 0.188. The lowest BCUT2D eigenvalue weighted by Gasteiger charge is -2.06. The van der Waals surface area contributed by atoms with Gasteiger partial charge >= 0.3 is 0 Å². The van der Waals surface area contributed by atoms with E-state index in [0.29, 0.717) is 17.7 Å². The maximum Gasteiger partial charge on any atom is 0.257 e. The van der Waals surface area contributed by atoms with Crippen LogP contribution in [-0.4, -0.2) is 27.8 Å². The summed E-state index contributed by atoms with van der Waals surface area (Å²) in [6.45, 7) is 1.98. The molecular weight excluding hydrogens is 266 g/mol. The lowest BCUT2D eigenvalue weighted by Crippen LogP contribution is -2.12. The second-order valence-electron chi connectivity index (χ2n) is 4.39. The summed E-state index contributed by atoms with van der Waals surface area (Å²) < 4.78 is 0. The summed E-state index contributed by atoms with van der Waals surface area (Å²) in [6, 6.07) is 7.12. The number of nitrogens with one attached hydrogen (secondary N) is 1. The average Bonchev–Trinajstić information content (AvgIpc) is 2.51. The molecule has 0 bridgehead atoms. The van der Waals surface area contributed by atoms with Crippen LogP contribution in [0.2, 0.25) is 0 Å². The van der Waals surface area contributed by atoms with Gasteiger partial charge in [0.05, 0.1) is 24.6 Å². The first-order valence-corrected chi connectivity index (χ1v) is 6.49. The van der Waals surface area contributed by atoms with Crippen LogP contribution in [0.3, 0.4) is 0 Å². The molecule has 0 aliphatic rings. The molecule has 0 radical (unpaired) electrons. The molecule has 0 aliphatic carbocycles. The summed E-state index contributed by atoms with van der Waals surface area (Å²) in [4.78, 5) is 12.0. The van der Waals surface area contributed by atoms with E-state index in [1.807, 2.05) is 25.1 Å². The van der Waals surface area contributed by atoms with Gasteiger partial charge in [-0.25, -0.2) is 0 Å². The van der Waals surface area contributed by atoms with Gasteiger partial charge in [0.15, 0.2) is 0 Å². The number of benzene rings is 1. The summed E-state index contributed by atoms with van der Waals surface area (Å²) in [7, 11) is 0. The Balaban J connectivity index is 2.16. The maximum absolute atomic E-state index is 12.0. The summed E-state index contributed by atoms with van der Waals surface area (Å²) >= 11 is 0. The largest absolute Gasteiger partial charge is 0.395 e. The fourth-order valence-corrected chi connectivity index (χ4v) is 1.68. The van der Waals surface area contributed by atoms with Gasteiger partial charge in [-0.1, -0.05) is 17.9 Å². The summed E-state index contributed by atoms with van der Waals surface area (Å²) in [5, 5.41) is 18.8. The van der Waals surface area contributed by atoms with Crippen molar-refractivity contribution < 1.29 is 9.90 Å². The van der Waals surface area contributed by atoms with Crippen molar-refractivity contribution in [1.82, 2.24) is 10.2 Å². The monoisotopic (exact) mass is 281 g/mol. The van der Waals surface area contributed by atoms with E-state index < -0.39 is 0 Å². The molecule has 2 rings (SSSR count). The third-order valence-corrected chi connectivity index (χ3v) is 2.80. The Morgan fingerprint density at radius 2 is 2.19 bits per heavy atom. The normalized spacial score (nSPS) is 9.62. The van der Waals surface area contributed by atoms with Crippen LogP contribution in [0.5, 0.6) is 0 Å². The molecule has 2 N–H and O–H groups in total. The van der Waals surface area contributed by atoms with Crippen LogP contribution in [0.15, 0.2) is 36.7 Å². The summed E-state index contributed by atoms with van der Waals surface area (Å²) in [5.41, 5.74) is 2.95. The van der Waals surface area contributed by atoms with Crippen LogP contribution in [0.4, 0.5) is 5.69 Å². The molecule has 0 saturated carbocycles. The number of carbonyl (C=O) groups is 1. The van der Waals surface area contributed by atoms with Crippen LogP contribution < -0.4 is 5.32 Å². The van der Waals surface area contributed by atoms with Crippen molar-refractivity contribution in [2.45, 2.75) is 13.3 Å². The minimum absolute atomic E-state index is 0.0392. The zero-order valence-corrected chi connectivity index (χ0v) is 11.6.